The third-order valence-corrected chi connectivity index (χ3v) is 4.26. The van der Waals surface area contributed by atoms with Crippen molar-refractivity contribution in [3.05, 3.63) is 0 Å². The fraction of sp³-hybridized carbons (Fsp3) is 1.00. The van der Waals surface area contributed by atoms with Gasteiger partial charge in [-0.2, -0.15) is 0 Å². The fourth-order valence-corrected chi connectivity index (χ4v) is 1.96. The van der Waals surface area contributed by atoms with Gasteiger partial charge in [0.05, 0.1) is 14.2 Å². The molecule has 1 N–H and O–H groups in total. The standard InChI is InChI=1S/C9H22O3Si/c1-8(12-7-11-2)6-9(10)13(3,4)5/h8-10H,6-7H2,1-5H3/t8-,9?/m0/s1. The van der Waals surface area contributed by atoms with Crippen molar-refractivity contribution in [3.8, 4) is 0 Å². The van der Waals surface area contributed by atoms with Crippen LogP contribution >= 0.6 is 0 Å². The van der Waals surface area contributed by atoms with Gasteiger partial charge in [0.25, 0.3) is 0 Å². The van der Waals surface area contributed by atoms with E-state index in [1.165, 1.54) is 0 Å². The van der Waals surface area contributed by atoms with E-state index in [1.807, 2.05) is 6.92 Å². The molecule has 0 spiro atoms. The second kappa shape index (κ2) is 5.75. The summed E-state index contributed by atoms with van der Waals surface area (Å²) in [6.45, 7) is 8.73. The first-order valence-corrected chi connectivity index (χ1v) is 8.24. The zero-order valence-corrected chi connectivity index (χ0v) is 10.3. The Balaban J connectivity index is 3.71. The van der Waals surface area contributed by atoms with Crippen LogP contribution in [0.4, 0.5) is 0 Å². The van der Waals surface area contributed by atoms with Gasteiger partial charge >= 0.3 is 0 Å². The second-order valence-electron chi connectivity index (χ2n) is 4.50. The average Bonchev–Trinajstić information content (AvgIpc) is 1.99. The van der Waals surface area contributed by atoms with E-state index >= 15 is 0 Å². The molecule has 3 nitrogen and oxygen atoms in total. The predicted octanol–water partition coefficient (Wildman–Crippen LogP) is 1.62. The summed E-state index contributed by atoms with van der Waals surface area (Å²) in [5.41, 5.74) is -0.195. The molecule has 0 saturated heterocycles. The highest BCUT2D eigenvalue weighted by Gasteiger charge is 2.26. The SMILES string of the molecule is COCO[C@@H](C)CC(O)[Si](C)(C)C. The number of hydrogen-bond acceptors (Lipinski definition) is 3. The molecule has 0 fully saturated rings. The Labute approximate surface area is 82.1 Å². The number of ether oxygens (including phenoxy) is 2. The Morgan fingerprint density at radius 2 is 1.85 bits per heavy atom. The van der Waals surface area contributed by atoms with Gasteiger partial charge in [-0.15, -0.1) is 0 Å². The first-order valence-electron chi connectivity index (χ1n) is 4.66. The molecule has 0 amide bonds. The summed E-state index contributed by atoms with van der Waals surface area (Å²) in [5, 5.41) is 9.80. The van der Waals surface area contributed by atoms with Crippen LogP contribution in [0.25, 0.3) is 0 Å². The molecule has 0 rings (SSSR count). The molecule has 2 atom stereocenters. The molecule has 0 aromatic carbocycles. The molecule has 80 valence electrons. The molecular formula is C9H22O3Si. The van der Waals surface area contributed by atoms with Crippen molar-refractivity contribution in [2.75, 3.05) is 13.9 Å². The lowest BCUT2D eigenvalue weighted by atomic mass is 10.3. The van der Waals surface area contributed by atoms with Gasteiger partial charge in [-0.1, -0.05) is 19.6 Å². The van der Waals surface area contributed by atoms with E-state index in [1.54, 1.807) is 7.11 Å². The van der Waals surface area contributed by atoms with Gasteiger partial charge in [0.1, 0.15) is 6.79 Å². The van der Waals surface area contributed by atoms with Crippen LogP contribution in [0.3, 0.4) is 0 Å². The first kappa shape index (κ1) is 13.1. The maximum absolute atomic E-state index is 9.80. The van der Waals surface area contributed by atoms with E-state index < -0.39 is 8.07 Å². The monoisotopic (exact) mass is 206 g/mol. The van der Waals surface area contributed by atoms with Gasteiger partial charge in [-0.25, -0.2) is 0 Å². The lowest BCUT2D eigenvalue weighted by Crippen LogP contribution is -2.40. The van der Waals surface area contributed by atoms with E-state index in [-0.39, 0.29) is 11.8 Å². The molecule has 0 bridgehead atoms. The summed E-state index contributed by atoms with van der Waals surface area (Å²) in [6.07, 6.45) is 0.778. The van der Waals surface area contributed by atoms with Crippen molar-refractivity contribution in [3.63, 3.8) is 0 Å². The molecule has 13 heavy (non-hydrogen) atoms. The van der Waals surface area contributed by atoms with Gasteiger partial charge < -0.3 is 14.6 Å². The van der Waals surface area contributed by atoms with Crippen molar-refractivity contribution in [1.29, 1.82) is 0 Å². The van der Waals surface area contributed by atoms with E-state index in [0.29, 0.717) is 13.2 Å². The van der Waals surface area contributed by atoms with Crippen LogP contribution in [0.1, 0.15) is 13.3 Å². The van der Waals surface area contributed by atoms with E-state index in [2.05, 4.69) is 19.6 Å². The summed E-state index contributed by atoms with van der Waals surface area (Å²) in [4.78, 5) is 0. The van der Waals surface area contributed by atoms with E-state index in [9.17, 15) is 5.11 Å². The molecule has 0 aliphatic rings. The molecule has 4 heteroatoms. The Bertz CT molecular complexity index is 133. The second-order valence-corrected chi connectivity index (χ2v) is 9.90. The molecule has 0 aliphatic heterocycles. The first-order chi connectivity index (χ1) is 5.88. The van der Waals surface area contributed by atoms with Gasteiger partial charge in [-0.05, 0) is 13.3 Å². The van der Waals surface area contributed by atoms with Crippen LogP contribution in [0.2, 0.25) is 19.6 Å². The molecule has 0 heterocycles. The van der Waals surface area contributed by atoms with Crippen molar-refractivity contribution in [2.24, 2.45) is 0 Å². The number of aliphatic hydroxyl groups excluding tert-OH is 1. The Hall–Kier alpha value is 0.0969. The minimum atomic E-state index is -1.43. The van der Waals surface area contributed by atoms with Crippen LogP contribution in [0.5, 0.6) is 0 Å². The van der Waals surface area contributed by atoms with Crippen LogP contribution in [-0.4, -0.2) is 38.9 Å². The van der Waals surface area contributed by atoms with Crippen LogP contribution in [-0.2, 0) is 9.47 Å². The van der Waals surface area contributed by atoms with Gasteiger partial charge in [-0.3, -0.25) is 0 Å². The number of rotatable bonds is 6. The molecule has 0 aliphatic carbocycles. The highest BCUT2D eigenvalue weighted by Crippen LogP contribution is 2.14. The lowest BCUT2D eigenvalue weighted by molar-refractivity contribution is -0.0732. The maximum Gasteiger partial charge on any atom is 0.146 e. The minimum Gasteiger partial charge on any atom is -0.396 e. The van der Waals surface area contributed by atoms with Crippen LogP contribution in [0.15, 0.2) is 0 Å². The normalized spacial score (nSPS) is 17.1. The Morgan fingerprint density at radius 3 is 2.23 bits per heavy atom. The van der Waals surface area contributed by atoms with E-state index in [4.69, 9.17) is 9.47 Å². The summed E-state index contributed by atoms with van der Waals surface area (Å²) in [5.74, 6) is 0. The van der Waals surface area contributed by atoms with Crippen molar-refractivity contribution >= 4 is 8.07 Å². The minimum absolute atomic E-state index is 0.0710. The largest absolute Gasteiger partial charge is 0.396 e. The van der Waals surface area contributed by atoms with Crippen molar-refractivity contribution in [1.82, 2.24) is 0 Å². The summed E-state index contributed by atoms with van der Waals surface area (Å²) < 4.78 is 10.1. The third-order valence-electron chi connectivity index (χ3n) is 2.03. The fourth-order valence-electron chi connectivity index (χ4n) is 0.920. The van der Waals surface area contributed by atoms with Gasteiger partial charge in [0, 0.05) is 12.8 Å². The molecular weight excluding hydrogens is 184 g/mol. The van der Waals surface area contributed by atoms with Gasteiger partial charge in [0.2, 0.25) is 0 Å². The van der Waals surface area contributed by atoms with E-state index in [0.717, 1.165) is 0 Å². The third kappa shape index (κ3) is 6.21. The molecule has 1 unspecified atom stereocenters. The quantitative estimate of drug-likeness (QED) is 0.530. The predicted molar refractivity (Wildman–Crippen MR) is 56.4 cm³/mol. The Kier molecular flexibility index (Phi) is 5.79. The highest BCUT2D eigenvalue weighted by molar-refractivity contribution is 6.77. The molecule has 0 saturated carbocycles. The van der Waals surface area contributed by atoms with Crippen LogP contribution in [0, 0.1) is 0 Å². The zero-order chi connectivity index (χ0) is 10.5. The smallest absolute Gasteiger partial charge is 0.146 e. The topological polar surface area (TPSA) is 38.7 Å². The molecule has 0 aromatic heterocycles. The summed E-state index contributed by atoms with van der Waals surface area (Å²) in [7, 11) is 0.171. The molecule has 0 radical (unpaired) electrons. The van der Waals surface area contributed by atoms with Crippen molar-refractivity contribution < 1.29 is 14.6 Å². The number of hydrogen-bond donors (Lipinski definition) is 1. The number of methoxy groups -OCH3 is 1. The Morgan fingerprint density at radius 1 is 1.31 bits per heavy atom. The zero-order valence-electron chi connectivity index (χ0n) is 9.33. The maximum atomic E-state index is 9.80. The number of aliphatic hydroxyl groups is 1. The summed E-state index contributed by atoms with van der Waals surface area (Å²) in [6, 6.07) is 0. The average molecular weight is 206 g/mol. The van der Waals surface area contributed by atoms with Crippen LogP contribution < -0.4 is 0 Å². The van der Waals surface area contributed by atoms with Crippen molar-refractivity contribution in [2.45, 2.75) is 44.8 Å². The summed E-state index contributed by atoms with van der Waals surface area (Å²) >= 11 is 0. The molecule has 0 aromatic rings. The van der Waals surface area contributed by atoms with Gasteiger partial charge in [0.15, 0.2) is 0 Å². The lowest BCUT2D eigenvalue weighted by Gasteiger charge is -2.26. The highest BCUT2D eigenvalue weighted by atomic mass is 28.3.